The molecule has 3 rings (SSSR count). The van der Waals surface area contributed by atoms with Gasteiger partial charge in [-0.25, -0.2) is 0 Å². The first-order valence-corrected chi connectivity index (χ1v) is 13.0. The number of anilines is 1. The summed E-state index contributed by atoms with van der Waals surface area (Å²) >= 11 is 0. The number of amides is 1. The highest BCUT2D eigenvalue weighted by atomic mass is 16.5. The fourth-order valence-electron chi connectivity index (χ4n) is 4.13. The van der Waals surface area contributed by atoms with E-state index in [-0.39, 0.29) is 11.9 Å². The van der Waals surface area contributed by atoms with E-state index in [9.17, 15) is 9.59 Å². The van der Waals surface area contributed by atoms with Gasteiger partial charge < -0.3 is 19.4 Å². The predicted octanol–water partition coefficient (Wildman–Crippen LogP) is 6.99. The molecule has 0 saturated carbocycles. The molecule has 1 N–H and O–H groups in total. The Labute approximate surface area is 214 Å². The average Bonchev–Trinajstić information content (AvgIpc) is 3.27. The van der Waals surface area contributed by atoms with Crippen molar-refractivity contribution in [3.63, 3.8) is 0 Å². The summed E-state index contributed by atoms with van der Waals surface area (Å²) in [6.45, 7) is 7.73. The van der Waals surface area contributed by atoms with E-state index in [0.29, 0.717) is 37.5 Å². The highest BCUT2D eigenvalue weighted by Gasteiger charge is 2.09. The highest BCUT2D eigenvalue weighted by Crippen LogP contribution is 2.26. The van der Waals surface area contributed by atoms with Crippen molar-refractivity contribution in [2.75, 3.05) is 18.5 Å². The summed E-state index contributed by atoms with van der Waals surface area (Å²) in [5.41, 5.74) is 3.72. The number of hydrogen-bond acceptors (Lipinski definition) is 4. The molecule has 0 spiro atoms. The van der Waals surface area contributed by atoms with Gasteiger partial charge in [-0.1, -0.05) is 44.4 Å². The Morgan fingerprint density at radius 3 is 2.64 bits per heavy atom. The van der Waals surface area contributed by atoms with E-state index in [0.717, 1.165) is 17.7 Å². The predicted molar refractivity (Wildman–Crippen MR) is 146 cm³/mol. The molecule has 6 heteroatoms. The number of allylic oxidation sites excluding steroid dienone is 1. The van der Waals surface area contributed by atoms with Crippen LogP contribution in [0.15, 0.2) is 60.8 Å². The molecule has 1 amide bonds. The number of carbonyl (C=O) groups excluding carboxylic acids is 2. The van der Waals surface area contributed by atoms with Crippen molar-refractivity contribution in [2.45, 2.75) is 65.8 Å². The van der Waals surface area contributed by atoms with Gasteiger partial charge in [-0.3, -0.25) is 9.59 Å². The standard InChI is InChI=1S/C30H38N2O4/c1-4-6-7-10-18-32-19-17-25-22-24(15-16-27(25)32)23(3)21-29(33)31-26-12-8-9-13-28(26)36-20-11-14-30(34)35-5-2/h8-9,12-13,15-17,19,21-22H,4-7,10-11,14,18,20H2,1-3H3,(H,31,33)/b23-21+. The van der Waals surface area contributed by atoms with E-state index in [1.54, 1.807) is 25.1 Å². The lowest BCUT2D eigenvalue weighted by atomic mass is 10.0. The molecule has 0 atom stereocenters. The number of nitrogens with one attached hydrogen (secondary N) is 1. The Balaban J connectivity index is 1.60. The minimum absolute atomic E-state index is 0.219. The van der Waals surface area contributed by atoms with Crippen molar-refractivity contribution in [2.24, 2.45) is 0 Å². The zero-order valence-corrected chi connectivity index (χ0v) is 21.7. The van der Waals surface area contributed by atoms with Crippen molar-refractivity contribution in [3.05, 3.63) is 66.4 Å². The summed E-state index contributed by atoms with van der Waals surface area (Å²) in [6.07, 6.45) is 9.57. The Kier molecular flexibility index (Phi) is 10.6. The van der Waals surface area contributed by atoms with E-state index in [4.69, 9.17) is 9.47 Å². The molecule has 0 saturated heterocycles. The summed E-state index contributed by atoms with van der Waals surface area (Å²) in [5.74, 6) is 0.121. The first-order chi connectivity index (χ1) is 17.5. The van der Waals surface area contributed by atoms with E-state index in [1.165, 1.54) is 36.6 Å². The van der Waals surface area contributed by atoms with Crippen LogP contribution < -0.4 is 10.1 Å². The molecule has 0 aliphatic heterocycles. The van der Waals surface area contributed by atoms with Crippen LogP contribution in [-0.4, -0.2) is 29.7 Å². The number of ether oxygens (including phenoxy) is 2. The van der Waals surface area contributed by atoms with Crippen molar-refractivity contribution >= 4 is 34.0 Å². The van der Waals surface area contributed by atoms with E-state index in [1.807, 2.05) is 19.1 Å². The van der Waals surface area contributed by atoms with Crippen LogP contribution in [0.4, 0.5) is 5.69 Å². The molecule has 0 fully saturated rings. The molecule has 0 unspecified atom stereocenters. The maximum Gasteiger partial charge on any atom is 0.305 e. The zero-order valence-electron chi connectivity index (χ0n) is 21.7. The smallest absolute Gasteiger partial charge is 0.305 e. The SMILES string of the molecule is CCCCCCn1ccc2cc(/C(C)=C/C(=O)Nc3ccccc3OCCCC(=O)OCC)ccc21. The Hall–Kier alpha value is -3.54. The number of benzene rings is 2. The van der Waals surface area contributed by atoms with E-state index >= 15 is 0 Å². The summed E-state index contributed by atoms with van der Waals surface area (Å²) < 4.78 is 13.0. The minimum Gasteiger partial charge on any atom is -0.491 e. The van der Waals surface area contributed by atoms with E-state index in [2.05, 4.69) is 47.3 Å². The maximum absolute atomic E-state index is 12.8. The van der Waals surface area contributed by atoms with Gasteiger partial charge in [0.25, 0.3) is 0 Å². The number of rotatable bonds is 14. The molecule has 0 radical (unpaired) electrons. The van der Waals surface area contributed by atoms with Crippen LogP contribution in [0.3, 0.4) is 0 Å². The summed E-state index contributed by atoms with van der Waals surface area (Å²) in [5, 5.41) is 4.10. The van der Waals surface area contributed by atoms with Crippen molar-refractivity contribution in [1.82, 2.24) is 4.57 Å². The van der Waals surface area contributed by atoms with Gasteiger partial charge in [-0.2, -0.15) is 0 Å². The fraction of sp³-hybridized carbons (Fsp3) is 0.400. The number of fused-ring (bicyclic) bond motifs is 1. The third-order valence-electron chi connectivity index (χ3n) is 6.06. The average molecular weight is 491 g/mol. The second kappa shape index (κ2) is 14.1. The fourth-order valence-corrected chi connectivity index (χ4v) is 4.13. The van der Waals surface area contributed by atoms with Crippen LogP contribution in [0, 0.1) is 0 Å². The van der Waals surface area contributed by atoms with Gasteiger partial charge in [-0.05, 0) is 68.2 Å². The van der Waals surface area contributed by atoms with Crippen LogP contribution in [0.5, 0.6) is 5.75 Å². The molecule has 3 aromatic rings. The minimum atomic E-state index is -0.231. The number of hydrogen-bond donors (Lipinski definition) is 1. The van der Waals surface area contributed by atoms with Gasteiger partial charge in [0.2, 0.25) is 5.91 Å². The molecule has 0 aliphatic rings. The molecule has 1 heterocycles. The largest absolute Gasteiger partial charge is 0.491 e. The van der Waals surface area contributed by atoms with Gasteiger partial charge in [0.05, 0.1) is 18.9 Å². The molecule has 192 valence electrons. The lowest BCUT2D eigenvalue weighted by molar-refractivity contribution is -0.143. The second-order valence-electron chi connectivity index (χ2n) is 8.91. The maximum atomic E-state index is 12.8. The third-order valence-corrected chi connectivity index (χ3v) is 6.06. The lowest BCUT2D eigenvalue weighted by Gasteiger charge is -2.12. The van der Waals surface area contributed by atoms with Crippen molar-refractivity contribution in [1.29, 1.82) is 0 Å². The quantitative estimate of drug-likeness (QED) is 0.150. The number of aryl methyl sites for hydroxylation is 1. The topological polar surface area (TPSA) is 69.6 Å². The number of para-hydroxylation sites is 2. The number of esters is 1. The van der Waals surface area contributed by atoms with Crippen LogP contribution in [0.25, 0.3) is 16.5 Å². The van der Waals surface area contributed by atoms with Gasteiger partial charge >= 0.3 is 5.97 Å². The molecular formula is C30H38N2O4. The van der Waals surface area contributed by atoms with Crippen LogP contribution in [0.2, 0.25) is 0 Å². The van der Waals surface area contributed by atoms with Crippen LogP contribution >= 0.6 is 0 Å². The monoisotopic (exact) mass is 490 g/mol. The van der Waals surface area contributed by atoms with Gasteiger partial charge in [-0.15, -0.1) is 0 Å². The van der Waals surface area contributed by atoms with Gasteiger partial charge in [0, 0.05) is 36.1 Å². The molecule has 0 bridgehead atoms. The normalized spacial score (nSPS) is 11.5. The van der Waals surface area contributed by atoms with Crippen molar-refractivity contribution < 1.29 is 19.1 Å². The molecule has 6 nitrogen and oxygen atoms in total. The third kappa shape index (κ3) is 8.01. The molecule has 2 aromatic carbocycles. The Bertz CT molecular complexity index is 1180. The van der Waals surface area contributed by atoms with Crippen LogP contribution in [0.1, 0.15) is 64.9 Å². The first-order valence-electron chi connectivity index (χ1n) is 13.0. The number of unbranched alkanes of at least 4 members (excludes halogenated alkanes) is 3. The van der Waals surface area contributed by atoms with E-state index < -0.39 is 0 Å². The number of nitrogens with zero attached hydrogens (tertiary/aromatic N) is 1. The lowest BCUT2D eigenvalue weighted by Crippen LogP contribution is -2.11. The molecule has 1 aromatic heterocycles. The number of carbonyl (C=O) groups is 2. The molecular weight excluding hydrogens is 452 g/mol. The summed E-state index contributed by atoms with van der Waals surface area (Å²) in [4.78, 5) is 24.3. The first kappa shape index (κ1) is 27.1. The Morgan fingerprint density at radius 2 is 1.83 bits per heavy atom. The second-order valence-corrected chi connectivity index (χ2v) is 8.91. The summed E-state index contributed by atoms with van der Waals surface area (Å²) in [6, 6.07) is 15.8. The zero-order chi connectivity index (χ0) is 25.8. The van der Waals surface area contributed by atoms with Gasteiger partial charge in [0.1, 0.15) is 5.75 Å². The van der Waals surface area contributed by atoms with Crippen LogP contribution in [-0.2, 0) is 20.9 Å². The highest BCUT2D eigenvalue weighted by molar-refractivity contribution is 6.04. The van der Waals surface area contributed by atoms with Crippen molar-refractivity contribution in [3.8, 4) is 5.75 Å². The molecule has 0 aliphatic carbocycles. The Morgan fingerprint density at radius 1 is 1.00 bits per heavy atom. The summed E-state index contributed by atoms with van der Waals surface area (Å²) in [7, 11) is 0. The number of aromatic nitrogens is 1. The molecule has 36 heavy (non-hydrogen) atoms. The van der Waals surface area contributed by atoms with Gasteiger partial charge in [0.15, 0.2) is 0 Å².